The Hall–Kier alpha value is -3.17. The predicted octanol–water partition coefficient (Wildman–Crippen LogP) is 3.13. The van der Waals surface area contributed by atoms with E-state index in [1.165, 1.54) is 12.1 Å². The number of anilines is 1. The van der Waals surface area contributed by atoms with E-state index >= 15 is 0 Å². The highest BCUT2D eigenvalue weighted by Crippen LogP contribution is 2.29. The van der Waals surface area contributed by atoms with E-state index in [1.54, 1.807) is 23.4 Å². The van der Waals surface area contributed by atoms with Gasteiger partial charge in [0.1, 0.15) is 0 Å². The maximum Gasteiger partial charge on any atom is 0.416 e. The minimum Gasteiger partial charge on any atom is -0.353 e. The second kappa shape index (κ2) is 9.76. The quantitative estimate of drug-likeness (QED) is 0.757. The van der Waals surface area contributed by atoms with Crippen molar-refractivity contribution in [3.63, 3.8) is 0 Å². The molecule has 7 nitrogen and oxygen atoms in total. The van der Waals surface area contributed by atoms with Crippen LogP contribution < -0.4 is 10.2 Å². The van der Waals surface area contributed by atoms with Gasteiger partial charge in [-0.05, 0) is 56.0 Å². The number of hydrogen-bond donors (Lipinski definition) is 1. The van der Waals surface area contributed by atoms with Crippen molar-refractivity contribution in [2.24, 2.45) is 5.92 Å². The van der Waals surface area contributed by atoms with E-state index in [1.807, 2.05) is 0 Å². The SMILES string of the molecule is O=C(NC1CCN(c2ncccn2)CC1)C1CCN(C(=O)c2ccc(C(F)(F)F)cc2)CC1. The maximum atomic E-state index is 12.7. The molecule has 1 N–H and O–H groups in total. The van der Waals surface area contributed by atoms with Gasteiger partial charge in [0.2, 0.25) is 11.9 Å². The number of alkyl halides is 3. The average molecular weight is 461 g/mol. The molecule has 0 aliphatic carbocycles. The van der Waals surface area contributed by atoms with Crippen LogP contribution in [0.25, 0.3) is 0 Å². The number of rotatable bonds is 4. The van der Waals surface area contributed by atoms with Gasteiger partial charge in [0.05, 0.1) is 5.56 Å². The summed E-state index contributed by atoms with van der Waals surface area (Å²) in [4.78, 5) is 37.6. The number of halogens is 3. The van der Waals surface area contributed by atoms with E-state index in [0.29, 0.717) is 31.9 Å². The largest absolute Gasteiger partial charge is 0.416 e. The average Bonchev–Trinajstić information content (AvgIpc) is 2.84. The Kier molecular flexibility index (Phi) is 6.80. The van der Waals surface area contributed by atoms with Crippen LogP contribution in [0, 0.1) is 5.92 Å². The lowest BCUT2D eigenvalue weighted by atomic mass is 9.94. The lowest BCUT2D eigenvalue weighted by Crippen LogP contribution is -2.49. The molecule has 0 saturated carbocycles. The third-order valence-electron chi connectivity index (χ3n) is 6.29. The van der Waals surface area contributed by atoms with Crippen LogP contribution in [0.2, 0.25) is 0 Å². The highest BCUT2D eigenvalue weighted by molar-refractivity contribution is 5.94. The Morgan fingerprint density at radius 3 is 2.09 bits per heavy atom. The number of hydrogen-bond acceptors (Lipinski definition) is 5. The van der Waals surface area contributed by atoms with Gasteiger partial charge < -0.3 is 15.1 Å². The summed E-state index contributed by atoms with van der Waals surface area (Å²) < 4.78 is 38.2. The number of aromatic nitrogens is 2. The zero-order valence-electron chi connectivity index (χ0n) is 18.1. The van der Waals surface area contributed by atoms with E-state index in [2.05, 4.69) is 20.2 Å². The summed E-state index contributed by atoms with van der Waals surface area (Å²) >= 11 is 0. The molecule has 2 fully saturated rings. The molecular weight excluding hydrogens is 435 g/mol. The molecule has 0 spiro atoms. The molecule has 33 heavy (non-hydrogen) atoms. The van der Waals surface area contributed by atoms with Gasteiger partial charge in [-0.1, -0.05) is 0 Å². The standard InChI is InChI=1S/C23H26F3N5O2/c24-23(25,26)18-4-2-17(3-5-18)21(33)30-12-6-16(7-13-30)20(32)29-19-8-14-31(15-9-19)22-27-10-1-11-28-22/h1-5,10-11,16,19H,6-9,12-15H2,(H,29,32). The molecule has 0 radical (unpaired) electrons. The fourth-order valence-corrected chi connectivity index (χ4v) is 4.33. The summed E-state index contributed by atoms with van der Waals surface area (Å²) in [6, 6.07) is 6.13. The molecule has 0 unspecified atom stereocenters. The first-order chi connectivity index (χ1) is 15.8. The fraction of sp³-hybridized carbons (Fsp3) is 0.478. The molecule has 0 atom stereocenters. The number of carbonyl (C=O) groups is 2. The smallest absolute Gasteiger partial charge is 0.353 e. The van der Waals surface area contributed by atoms with Crippen molar-refractivity contribution in [2.75, 3.05) is 31.1 Å². The maximum absolute atomic E-state index is 12.7. The molecule has 176 valence electrons. The van der Waals surface area contributed by atoms with Crippen LogP contribution >= 0.6 is 0 Å². The van der Waals surface area contributed by atoms with Crippen LogP contribution in [-0.2, 0) is 11.0 Å². The zero-order valence-corrected chi connectivity index (χ0v) is 18.1. The van der Waals surface area contributed by atoms with E-state index in [0.717, 1.165) is 38.1 Å². The topological polar surface area (TPSA) is 78.4 Å². The summed E-state index contributed by atoms with van der Waals surface area (Å²) in [7, 11) is 0. The summed E-state index contributed by atoms with van der Waals surface area (Å²) in [6.07, 6.45) is 1.70. The van der Waals surface area contributed by atoms with E-state index in [4.69, 9.17) is 0 Å². The normalized spacial score (nSPS) is 18.3. The molecule has 1 aromatic heterocycles. The zero-order chi connectivity index (χ0) is 23.4. The van der Waals surface area contributed by atoms with Crippen molar-refractivity contribution in [3.05, 3.63) is 53.9 Å². The van der Waals surface area contributed by atoms with E-state index < -0.39 is 11.7 Å². The first-order valence-electron chi connectivity index (χ1n) is 11.1. The number of piperidine rings is 2. The van der Waals surface area contributed by atoms with Gasteiger partial charge in [-0.3, -0.25) is 9.59 Å². The first kappa shape index (κ1) is 23.0. The Morgan fingerprint density at radius 1 is 0.909 bits per heavy atom. The molecule has 2 aromatic rings. The lowest BCUT2D eigenvalue weighted by Gasteiger charge is -2.35. The molecule has 2 amide bonds. The third-order valence-corrected chi connectivity index (χ3v) is 6.29. The van der Waals surface area contributed by atoms with Gasteiger partial charge in [0, 0.05) is 56.1 Å². The van der Waals surface area contributed by atoms with Crippen LogP contribution in [-0.4, -0.2) is 58.9 Å². The van der Waals surface area contributed by atoms with Gasteiger partial charge in [0.15, 0.2) is 0 Å². The molecule has 2 saturated heterocycles. The highest BCUT2D eigenvalue weighted by Gasteiger charge is 2.32. The van der Waals surface area contributed by atoms with Gasteiger partial charge in [-0.15, -0.1) is 0 Å². The molecular formula is C23H26F3N5O2. The predicted molar refractivity (Wildman–Crippen MR) is 115 cm³/mol. The second-order valence-corrected chi connectivity index (χ2v) is 8.46. The lowest BCUT2D eigenvalue weighted by molar-refractivity contribution is -0.137. The van der Waals surface area contributed by atoms with Crippen molar-refractivity contribution in [1.82, 2.24) is 20.2 Å². The molecule has 2 aliphatic heterocycles. The van der Waals surface area contributed by atoms with Crippen LogP contribution in [0.15, 0.2) is 42.7 Å². The molecule has 2 aliphatic rings. The minimum atomic E-state index is -4.43. The Balaban J connectivity index is 1.23. The number of nitrogens with one attached hydrogen (secondary N) is 1. The van der Waals surface area contributed by atoms with Crippen molar-refractivity contribution in [1.29, 1.82) is 0 Å². The molecule has 3 heterocycles. The third kappa shape index (κ3) is 5.61. The highest BCUT2D eigenvalue weighted by atomic mass is 19.4. The number of benzene rings is 1. The van der Waals surface area contributed by atoms with Gasteiger partial charge in [-0.25, -0.2) is 9.97 Å². The molecule has 1 aromatic carbocycles. The monoisotopic (exact) mass is 461 g/mol. The van der Waals surface area contributed by atoms with E-state index in [-0.39, 0.29) is 29.3 Å². The van der Waals surface area contributed by atoms with Gasteiger partial charge in [0.25, 0.3) is 5.91 Å². The Bertz CT molecular complexity index is 952. The molecule has 4 rings (SSSR count). The first-order valence-corrected chi connectivity index (χ1v) is 11.1. The van der Waals surface area contributed by atoms with Crippen molar-refractivity contribution >= 4 is 17.8 Å². The number of nitrogens with zero attached hydrogens (tertiary/aromatic N) is 4. The Labute approximate surface area is 190 Å². The van der Waals surface area contributed by atoms with Crippen molar-refractivity contribution in [3.8, 4) is 0 Å². The van der Waals surface area contributed by atoms with Gasteiger partial charge >= 0.3 is 6.18 Å². The minimum absolute atomic E-state index is 0.00559. The summed E-state index contributed by atoms with van der Waals surface area (Å²) in [6.45, 7) is 2.35. The summed E-state index contributed by atoms with van der Waals surface area (Å²) in [5.41, 5.74) is -0.559. The van der Waals surface area contributed by atoms with Crippen molar-refractivity contribution < 1.29 is 22.8 Å². The number of amides is 2. The second-order valence-electron chi connectivity index (χ2n) is 8.46. The van der Waals surface area contributed by atoms with Crippen LogP contribution in [0.3, 0.4) is 0 Å². The molecule has 0 bridgehead atoms. The van der Waals surface area contributed by atoms with E-state index in [9.17, 15) is 22.8 Å². The summed E-state index contributed by atoms with van der Waals surface area (Å²) in [5.74, 6) is 0.230. The summed E-state index contributed by atoms with van der Waals surface area (Å²) in [5, 5.41) is 3.14. The van der Waals surface area contributed by atoms with Gasteiger partial charge in [-0.2, -0.15) is 13.2 Å². The molecule has 10 heteroatoms. The van der Waals surface area contributed by atoms with Crippen LogP contribution in [0.1, 0.15) is 41.6 Å². The van der Waals surface area contributed by atoms with Crippen LogP contribution in [0.5, 0.6) is 0 Å². The Morgan fingerprint density at radius 2 is 1.52 bits per heavy atom. The number of likely N-dealkylation sites (tertiary alicyclic amines) is 1. The fourth-order valence-electron chi connectivity index (χ4n) is 4.33. The number of carbonyl (C=O) groups excluding carboxylic acids is 2. The van der Waals surface area contributed by atoms with Crippen LogP contribution in [0.4, 0.5) is 19.1 Å². The van der Waals surface area contributed by atoms with Crippen molar-refractivity contribution in [2.45, 2.75) is 37.9 Å².